The Bertz CT molecular complexity index is 1080. The summed E-state index contributed by atoms with van der Waals surface area (Å²) in [5.74, 6) is -2.07. The van der Waals surface area contributed by atoms with Crippen LogP contribution in [0.3, 0.4) is 0 Å². The molecule has 1 aliphatic heterocycles. The van der Waals surface area contributed by atoms with Crippen molar-refractivity contribution in [2.45, 2.75) is 12.5 Å². The van der Waals surface area contributed by atoms with Gasteiger partial charge in [-0.3, -0.25) is 19.5 Å². The van der Waals surface area contributed by atoms with Gasteiger partial charge in [-0.25, -0.2) is 4.39 Å². The van der Waals surface area contributed by atoms with E-state index in [1.54, 1.807) is 30.3 Å². The molecule has 0 radical (unpaired) electrons. The first-order valence-electron chi connectivity index (χ1n) is 8.16. The van der Waals surface area contributed by atoms with E-state index < -0.39 is 29.6 Å². The molecule has 2 heterocycles. The molecule has 1 unspecified atom stereocenters. The minimum absolute atomic E-state index is 0.0248. The van der Waals surface area contributed by atoms with Crippen molar-refractivity contribution in [1.29, 1.82) is 0 Å². The number of nitrogens with one attached hydrogen (secondary N) is 4. The van der Waals surface area contributed by atoms with E-state index in [1.165, 1.54) is 12.1 Å². The standard InChI is InChI=1S/C18H14FN5O3/c19-10-5-3-7-12-15(10)16(24-23-12)22-14(25)8-13-18(27)20-11-6-2-1-4-9(11)17(26)21-13/h1-7,13H,8H2,(H,20,27)(H,21,26)(H2,22,23,24,25). The predicted molar refractivity (Wildman–Crippen MR) is 95.6 cm³/mol. The van der Waals surface area contributed by atoms with E-state index in [-0.39, 0.29) is 17.6 Å². The lowest BCUT2D eigenvalue weighted by atomic mass is 10.1. The monoisotopic (exact) mass is 367 g/mol. The molecule has 0 aliphatic carbocycles. The number of nitrogens with zero attached hydrogens (tertiary/aromatic N) is 1. The fraction of sp³-hybridized carbons (Fsp3) is 0.111. The summed E-state index contributed by atoms with van der Waals surface area (Å²) in [6, 6.07) is 9.87. The van der Waals surface area contributed by atoms with Gasteiger partial charge in [0.15, 0.2) is 5.82 Å². The van der Waals surface area contributed by atoms with Gasteiger partial charge in [-0.2, -0.15) is 5.10 Å². The van der Waals surface area contributed by atoms with Crippen molar-refractivity contribution >= 4 is 40.1 Å². The van der Waals surface area contributed by atoms with Gasteiger partial charge in [0.2, 0.25) is 11.8 Å². The van der Waals surface area contributed by atoms with E-state index in [0.717, 1.165) is 0 Å². The van der Waals surface area contributed by atoms with E-state index in [9.17, 15) is 18.8 Å². The molecule has 0 bridgehead atoms. The van der Waals surface area contributed by atoms with Gasteiger partial charge in [-0.1, -0.05) is 18.2 Å². The molecule has 3 amide bonds. The summed E-state index contributed by atoms with van der Waals surface area (Å²) in [6.07, 6.45) is -0.325. The first-order valence-corrected chi connectivity index (χ1v) is 8.16. The first kappa shape index (κ1) is 16.7. The largest absolute Gasteiger partial charge is 0.340 e. The molecule has 2 aromatic carbocycles. The molecule has 3 aromatic rings. The molecule has 1 atom stereocenters. The second-order valence-electron chi connectivity index (χ2n) is 6.05. The van der Waals surface area contributed by atoms with Crippen LogP contribution >= 0.6 is 0 Å². The Balaban J connectivity index is 1.51. The maximum atomic E-state index is 14.0. The normalized spacial score (nSPS) is 16.3. The third-order valence-corrected chi connectivity index (χ3v) is 4.24. The second kappa shape index (κ2) is 6.52. The molecule has 4 rings (SSSR count). The number of aromatic nitrogens is 2. The molecular weight excluding hydrogens is 353 g/mol. The number of hydrogen-bond donors (Lipinski definition) is 4. The number of halogens is 1. The summed E-state index contributed by atoms with van der Waals surface area (Å²) in [7, 11) is 0. The third-order valence-electron chi connectivity index (χ3n) is 4.24. The summed E-state index contributed by atoms with van der Waals surface area (Å²) >= 11 is 0. The number of benzene rings is 2. The van der Waals surface area contributed by atoms with Gasteiger partial charge in [-0.05, 0) is 24.3 Å². The molecule has 0 spiro atoms. The number of H-pyrrole nitrogens is 1. The topological polar surface area (TPSA) is 116 Å². The lowest BCUT2D eigenvalue weighted by Gasteiger charge is -2.13. The van der Waals surface area contributed by atoms with Crippen LogP contribution in [0.25, 0.3) is 10.9 Å². The number of rotatable bonds is 3. The third kappa shape index (κ3) is 3.10. The van der Waals surface area contributed by atoms with Crippen molar-refractivity contribution in [3.63, 3.8) is 0 Å². The van der Waals surface area contributed by atoms with E-state index in [0.29, 0.717) is 16.8 Å². The Hall–Kier alpha value is -3.75. The minimum atomic E-state index is -1.07. The quantitative estimate of drug-likeness (QED) is 0.565. The van der Waals surface area contributed by atoms with Crippen molar-refractivity contribution < 1.29 is 18.8 Å². The van der Waals surface area contributed by atoms with Gasteiger partial charge in [0.25, 0.3) is 5.91 Å². The molecule has 1 aromatic heterocycles. The Morgan fingerprint density at radius 3 is 2.81 bits per heavy atom. The van der Waals surface area contributed by atoms with E-state index in [1.807, 2.05) is 0 Å². The molecule has 4 N–H and O–H groups in total. The smallest absolute Gasteiger partial charge is 0.254 e. The number of carbonyl (C=O) groups is 3. The molecule has 0 saturated carbocycles. The summed E-state index contributed by atoms with van der Waals surface area (Å²) < 4.78 is 14.0. The summed E-state index contributed by atoms with van der Waals surface area (Å²) in [6.45, 7) is 0. The van der Waals surface area contributed by atoms with Gasteiger partial charge in [-0.15, -0.1) is 0 Å². The number of hydrogen-bond acceptors (Lipinski definition) is 4. The maximum Gasteiger partial charge on any atom is 0.254 e. The summed E-state index contributed by atoms with van der Waals surface area (Å²) in [5, 5.41) is 14.3. The average molecular weight is 367 g/mol. The lowest BCUT2D eigenvalue weighted by Crippen LogP contribution is -2.43. The SMILES string of the molecule is O=C(CC1NC(=O)c2ccccc2NC1=O)Nc1n[nH]c2cccc(F)c12. The number of aromatic amines is 1. The molecule has 0 saturated heterocycles. The van der Waals surface area contributed by atoms with Crippen LogP contribution in [-0.4, -0.2) is 34.0 Å². The van der Waals surface area contributed by atoms with Crippen molar-refractivity contribution in [2.75, 3.05) is 10.6 Å². The van der Waals surface area contributed by atoms with Crippen LogP contribution in [0, 0.1) is 5.82 Å². The Kier molecular flexibility index (Phi) is 4.03. The van der Waals surface area contributed by atoms with E-state index in [4.69, 9.17) is 0 Å². The van der Waals surface area contributed by atoms with Crippen molar-refractivity contribution in [1.82, 2.24) is 15.5 Å². The molecule has 1 aliphatic rings. The summed E-state index contributed by atoms with van der Waals surface area (Å²) in [5.41, 5.74) is 1.12. The Labute approximate surface area is 152 Å². The number of carbonyl (C=O) groups excluding carboxylic acids is 3. The molecule has 9 heteroatoms. The minimum Gasteiger partial charge on any atom is -0.340 e. The van der Waals surface area contributed by atoms with Crippen molar-refractivity contribution in [3.05, 3.63) is 53.8 Å². The van der Waals surface area contributed by atoms with Crippen LogP contribution in [0.15, 0.2) is 42.5 Å². The molecule has 136 valence electrons. The lowest BCUT2D eigenvalue weighted by molar-refractivity contribution is -0.122. The number of fused-ring (bicyclic) bond motifs is 2. The van der Waals surface area contributed by atoms with Gasteiger partial charge in [0.1, 0.15) is 11.9 Å². The van der Waals surface area contributed by atoms with Crippen LogP contribution in [0.4, 0.5) is 15.9 Å². The van der Waals surface area contributed by atoms with Crippen LogP contribution < -0.4 is 16.0 Å². The van der Waals surface area contributed by atoms with Crippen LogP contribution in [-0.2, 0) is 9.59 Å². The van der Waals surface area contributed by atoms with Gasteiger partial charge in [0, 0.05) is 0 Å². The van der Waals surface area contributed by atoms with Crippen LogP contribution in [0.1, 0.15) is 16.8 Å². The van der Waals surface area contributed by atoms with Gasteiger partial charge >= 0.3 is 0 Å². The van der Waals surface area contributed by atoms with Crippen molar-refractivity contribution in [3.8, 4) is 0 Å². The Morgan fingerprint density at radius 1 is 1.15 bits per heavy atom. The maximum absolute atomic E-state index is 14.0. The fourth-order valence-corrected chi connectivity index (χ4v) is 2.94. The van der Waals surface area contributed by atoms with E-state index >= 15 is 0 Å². The highest BCUT2D eigenvalue weighted by atomic mass is 19.1. The predicted octanol–water partition coefficient (Wildman–Crippen LogP) is 1.78. The zero-order valence-corrected chi connectivity index (χ0v) is 13.9. The van der Waals surface area contributed by atoms with Crippen LogP contribution in [0.5, 0.6) is 0 Å². The summed E-state index contributed by atoms with van der Waals surface area (Å²) in [4.78, 5) is 37.0. The first-order chi connectivity index (χ1) is 13.0. The zero-order valence-electron chi connectivity index (χ0n) is 13.9. The molecular formula is C18H14FN5O3. The molecule has 8 nitrogen and oxygen atoms in total. The average Bonchev–Trinajstić information content (AvgIpc) is 3.00. The van der Waals surface area contributed by atoms with Gasteiger partial charge in [0.05, 0.1) is 28.6 Å². The Morgan fingerprint density at radius 2 is 1.96 bits per heavy atom. The van der Waals surface area contributed by atoms with Gasteiger partial charge < -0.3 is 16.0 Å². The number of para-hydroxylation sites is 1. The molecule has 27 heavy (non-hydrogen) atoms. The zero-order chi connectivity index (χ0) is 19.0. The number of anilines is 2. The highest BCUT2D eigenvalue weighted by molar-refractivity contribution is 6.11. The van der Waals surface area contributed by atoms with Crippen LogP contribution in [0.2, 0.25) is 0 Å². The van der Waals surface area contributed by atoms with Crippen molar-refractivity contribution in [2.24, 2.45) is 0 Å². The fourth-order valence-electron chi connectivity index (χ4n) is 2.94. The number of amides is 3. The highest BCUT2D eigenvalue weighted by Gasteiger charge is 2.29. The van der Waals surface area contributed by atoms with E-state index in [2.05, 4.69) is 26.1 Å². The molecule has 0 fully saturated rings. The second-order valence-corrected chi connectivity index (χ2v) is 6.05. The highest BCUT2D eigenvalue weighted by Crippen LogP contribution is 2.24.